The number of phenols is 1. The summed E-state index contributed by atoms with van der Waals surface area (Å²) in [5, 5.41) is 30.3. The molecule has 0 heterocycles. The van der Waals surface area contributed by atoms with Gasteiger partial charge in [0, 0.05) is 19.0 Å². The SMILES string of the molecule is CC(=O)N[C@H](C(=O)NC(C[C@H](O)C(Cc1ccccc1)NC(=O)c1ccc(F)cc1O)C1CCCCC1)C(C)C. The molecule has 0 radical (unpaired) electrons. The lowest BCUT2D eigenvalue weighted by molar-refractivity contribution is -0.130. The Kier molecular flexibility index (Phi) is 11.5. The van der Waals surface area contributed by atoms with E-state index in [4.69, 9.17) is 0 Å². The molecule has 2 aromatic carbocycles. The molecular weight excluding hydrogens is 513 g/mol. The molecule has 218 valence electrons. The quantitative estimate of drug-likeness (QED) is 0.272. The lowest BCUT2D eigenvalue weighted by Crippen LogP contribution is -2.55. The van der Waals surface area contributed by atoms with E-state index in [0.717, 1.165) is 49.8 Å². The highest BCUT2D eigenvalue weighted by Gasteiger charge is 2.33. The van der Waals surface area contributed by atoms with Crippen molar-refractivity contribution < 1.29 is 29.0 Å². The molecule has 1 fully saturated rings. The van der Waals surface area contributed by atoms with Crippen molar-refractivity contribution in [2.45, 2.75) is 89.9 Å². The summed E-state index contributed by atoms with van der Waals surface area (Å²) in [6, 6.07) is 10.7. The van der Waals surface area contributed by atoms with E-state index in [1.165, 1.54) is 13.0 Å². The van der Waals surface area contributed by atoms with Crippen molar-refractivity contribution in [2.75, 3.05) is 0 Å². The van der Waals surface area contributed by atoms with Gasteiger partial charge in [0.1, 0.15) is 17.6 Å². The molecule has 0 spiro atoms. The number of benzene rings is 2. The second-order valence-corrected chi connectivity index (χ2v) is 11.2. The van der Waals surface area contributed by atoms with Gasteiger partial charge in [-0.25, -0.2) is 4.39 Å². The Morgan fingerprint density at radius 3 is 2.25 bits per heavy atom. The number of phenolic OH excluding ortho intramolecular Hbond substituents is 1. The lowest BCUT2D eigenvalue weighted by Gasteiger charge is -2.35. The van der Waals surface area contributed by atoms with Crippen molar-refractivity contribution in [3.63, 3.8) is 0 Å². The molecule has 4 atom stereocenters. The molecule has 0 aliphatic heterocycles. The average Bonchev–Trinajstić information content (AvgIpc) is 2.91. The van der Waals surface area contributed by atoms with Crippen LogP contribution in [0.5, 0.6) is 5.75 Å². The summed E-state index contributed by atoms with van der Waals surface area (Å²) < 4.78 is 13.5. The Balaban J connectivity index is 1.84. The van der Waals surface area contributed by atoms with Gasteiger partial charge in [0.25, 0.3) is 5.91 Å². The Labute approximate surface area is 235 Å². The second kappa shape index (κ2) is 14.8. The van der Waals surface area contributed by atoms with Crippen LogP contribution in [-0.2, 0) is 16.0 Å². The smallest absolute Gasteiger partial charge is 0.255 e. The zero-order valence-corrected chi connectivity index (χ0v) is 23.5. The summed E-state index contributed by atoms with van der Waals surface area (Å²) in [6.45, 7) is 5.10. The van der Waals surface area contributed by atoms with Crippen LogP contribution in [0.4, 0.5) is 4.39 Å². The maximum absolute atomic E-state index is 13.5. The van der Waals surface area contributed by atoms with Crippen LogP contribution in [0.3, 0.4) is 0 Å². The summed E-state index contributed by atoms with van der Waals surface area (Å²) in [4.78, 5) is 38.2. The predicted octanol–water partition coefficient (Wildman–Crippen LogP) is 3.85. The first kappa shape index (κ1) is 31.1. The molecule has 40 heavy (non-hydrogen) atoms. The van der Waals surface area contributed by atoms with Crippen molar-refractivity contribution in [2.24, 2.45) is 11.8 Å². The molecule has 8 nitrogen and oxygen atoms in total. The fourth-order valence-corrected chi connectivity index (χ4v) is 5.45. The standard InChI is InChI=1S/C31H42FN3O5/c1-19(2)29(33-20(3)36)31(40)34-25(22-12-8-5-9-13-22)18-28(38)26(16-21-10-6-4-7-11-21)35-30(39)24-15-14-23(32)17-27(24)37/h4,6-7,10-11,14-15,17,19,22,25-26,28-29,37-38H,5,8-9,12-13,16,18H2,1-3H3,(H,33,36)(H,34,40)(H,35,39)/t25?,26?,28-,29-/m0/s1. The van der Waals surface area contributed by atoms with Crippen molar-refractivity contribution in [1.82, 2.24) is 16.0 Å². The van der Waals surface area contributed by atoms with Crippen LogP contribution in [0.25, 0.3) is 0 Å². The number of hydrogen-bond donors (Lipinski definition) is 5. The summed E-state index contributed by atoms with van der Waals surface area (Å²) >= 11 is 0. The molecule has 3 rings (SSSR count). The van der Waals surface area contributed by atoms with Crippen LogP contribution in [0, 0.1) is 17.7 Å². The highest BCUT2D eigenvalue weighted by molar-refractivity contribution is 5.97. The first-order valence-corrected chi connectivity index (χ1v) is 14.1. The molecular formula is C31H42FN3O5. The van der Waals surface area contributed by atoms with Gasteiger partial charge in [-0.2, -0.15) is 0 Å². The van der Waals surface area contributed by atoms with E-state index < -0.39 is 35.7 Å². The van der Waals surface area contributed by atoms with Crippen LogP contribution >= 0.6 is 0 Å². The summed E-state index contributed by atoms with van der Waals surface area (Å²) in [6.07, 6.45) is 4.44. The second-order valence-electron chi connectivity index (χ2n) is 11.2. The third-order valence-corrected chi connectivity index (χ3v) is 7.63. The van der Waals surface area contributed by atoms with Gasteiger partial charge in [0.2, 0.25) is 11.8 Å². The zero-order valence-electron chi connectivity index (χ0n) is 23.5. The van der Waals surface area contributed by atoms with Crippen LogP contribution < -0.4 is 16.0 Å². The molecule has 5 N–H and O–H groups in total. The van der Waals surface area contributed by atoms with Crippen LogP contribution in [0.1, 0.15) is 75.2 Å². The van der Waals surface area contributed by atoms with Crippen LogP contribution in [0.15, 0.2) is 48.5 Å². The van der Waals surface area contributed by atoms with E-state index in [1.807, 2.05) is 44.2 Å². The number of aliphatic hydroxyl groups is 1. The monoisotopic (exact) mass is 555 g/mol. The average molecular weight is 556 g/mol. The number of hydrogen-bond acceptors (Lipinski definition) is 5. The number of carbonyl (C=O) groups excluding carboxylic acids is 3. The minimum atomic E-state index is -1.04. The molecule has 0 saturated heterocycles. The fourth-order valence-electron chi connectivity index (χ4n) is 5.45. The highest BCUT2D eigenvalue weighted by atomic mass is 19.1. The van der Waals surface area contributed by atoms with E-state index >= 15 is 0 Å². The predicted molar refractivity (Wildman–Crippen MR) is 151 cm³/mol. The number of aromatic hydroxyl groups is 1. The van der Waals surface area contributed by atoms with E-state index in [1.54, 1.807) is 0 Å². The maximum atomic E-state index is 13.5. The van der Waals surface area contributed by atoms with Crippen molar-refractivity contribution in [1.29, 1.82) is 0 Å². The number of amides is 3. The van der Waals surface area contributed by atoms with E-state index in [-0.39, 0.29) is 41.7 Å². The van der Waals surface area contributed by atoms with Gasteiger partial charge in [-0.15, -0.1) is 0 Å². The van der Waals surface area contributed by atoms with Gasteiger partial charge in [0.15, 0.2) is 0 Å². The summed E-state index contributed by atoms with van der Waals surface area (Å²) in [7, 11) is 0. The van der Waals surface area contributed by atoms with E-state index in [2.05, 4.69) is 16.0 Å². The summed E-state index contributed by atoms with van der Waals surface area (Å²) in [5.41, 5.74) is 0.790. The largest absolute Gasteiger partial charge is 0.507 e. The summed E-state index contributed by atoms with van der Waals surface area (Å²) in [5.74, 6) is -2.37. The zero-order chi connectivity index (χ0) is 29.2. The Morgan fingerprint density at radius 2 is 1.65 bits per heavy atom. The van der Waals surface area contributed by atoms with Crippen molar-refractivity contribution >= 4 is 17.7 Å². The Morgan fingerprint density at radius 1 is 0.975 bits per heavy atom. The first-order chi connectivity index (χ1) is 19.0. The number of aliphatic hydroxyl groups excluding tert-OH is 1. The molecule has 1 aliphatic rings. The molecule has 2 unspecified atom stereocenters. The third kappa shape index (κ3) is 9.05. The van der Waals surface area contributed by atoms with Gasteiger partial charge < -0.3 is 26.2 Å². The molecule has 2 aromatic rings. The van der Waals surface area contributed by atoms with Crippen LogP contribution in [-0.4, -0.2) is 52.2 Å². The Hall–Kier alpha value is -3.46. The number of halogens is 1. The van der Waals surface area contributed by atoms with Crippen molar-refractivity contribution in [3.8, 4) is 5.75 Å². The number of carbonyl (C=O) groups is 3. The third-order valence-electron chi connectivity index (χ3n) is 7.63. The van der Waals surface area contributed by atoms with Gasteiger partial charge in [-0.05, 0) is 55.2 Å². The van der Waals surface area contributed by atoms with Gasteiger partial charge in [-0.1, -0.05) is 63.4 Å². The van der Waals surface area contributed by atoms with Gasteiger partial charge in [-0.3, -0.25) is 14.4 Å². The molecule has 1 saturated carbocycles. The van der Waals surface area contributed by atoms with Crippen molar-refractivity contribution in [3.05, 3.63) is 65.5 Å². The van der Waals surface area contributed by atoms with E-state index in [9.17, 15) is 29.0 Å². The fraction of sp³-hybridized carbons (Fsp3) is 0.516. The lowest BCUT2D eigenvalue weighted by atomic mass is 9.80. The minimum absolute atomic E-state index is 0.0983. The highest BCUT2D eigenvalue weighted by Crippen LogP contribution is 2.29. The molecule has 9 heteroatoms. The Bertz CT molecular complexity index is 1140. The van der Waals surface area contributed by atoms with Crippen LogP contribution in [0.2, 0.25) is 0 Å². The maximum Gasteiger partial charge on any atom is 0.255 e. The molecule has 0 aromatic heterocycles. The number of rotatable bonds is 12. The number of nitrogens with one attached hydrogen (secondary N) is 3. The molecule has 0 bridgehead atoms. The van der Waals surface area contributed by atoms with Gasteiger partial charge >= 0.3 is 0 Å². The van der Waals surface area contributed by atoms with Gasteiger partial charge in [0.05, 0.1) is 17.7 Å². The first-order valence-electron chi connectivity index (χ1n) is 14.1. The topological polar surface area (TPSA) is 128 Å². The normalized spacial score (nSPS) is 16.9. The van der Waals surface area contributed by atoms with E-state index in [0.29, 0.717) is 6.42 Å². The molecule has 1 aliphatic carbocycles. The minimum Gasteiger partial charge on any atom is -0.507 e. The molecule has 3 amide bonds.